The summed E-state index contributed by atoms with van der Waals surface area (Å²) in [4.78, 5) is 5.35. The van der Waals surface area contributed by atoms with Crippen LogP contribution in [0.15, 0.2) is 72.0 Å². The van der Waals surface area contributed by atoms with E-state index in [1.807, 2.05) is 62.6 Å². The predicted molar refractivity (Wildman–Crippen MR) is 121 cm³/mol. The fraction of sp³-hybridized carbons (Fsp3) is 0.0870. The largest absolute Gasteiger partial charge is 0.410 e. The third-order valence-corrected chi connectivity index (χ3v) is 5.61. The highest BCUT2D eigenvalue weighted by molar-refractivity contribution is 6.36. The molecule has 0 spiro atoms. The van der Waals surface area contributed by atoms with Crippen molar-refractivity contribution in [2.75, 3.05) is 11.9 Å². The van der Waals surface area contributed by atoms with E-state index in [0.717, 1.165) is 33.4 Å². The summed E-state index contributed by atoms with van der Waals surface area (Å²) in [6.45, 7) is 1.92. The number of halogens is 2. The number of oxime groups is 1. The number of hydrogen-bond donors (Lipinski definition) is 2. The molecule has 0 aliphatic heterocycles. The minimum atomic E-state index is 0.407. The highest BCUT2D eigenvalue weighted by Crippen LogP contribution is 2.33. The molecule has 0 saturated carbocycles. The van der Waals surface area contributed by atoms with Crippen molar-refractivity contribution in [2.45, 2.75) is 6.92 Å². The van der Waals surface area contributed by atoms with Crippen LogP contribution >= 0.6 is 23.2 Å². The number of aromatic amines is 1. The maximum atomic E-state index is 9.68. The van der Waals surface area contributed by atoms with Gasteiger partial charge in [-0.3, -0.25) is 0 Å². The number of rotatable bonds is 4. The number of nitrogens with one attached hydrogen (secondary N) is 1. The summed E-state index contributed by atoms with van der Waals surface area (Å²) < 4.78 is 0. The SMILES string of the molecule is Cc1cc(Cl)ccc1C(=NO)c1ccc(N(C)c2cccc3cc[nH]c23)cc1Cl. The summed E-state index contributed by atoms with van der Waals surface area (Å²) >= 11 is 12.7. The molecule has 0 radical (unpaired) electrons. The van der Waals surface area contributed by atoms with E-state index in [-0.39, 0.29) is 0 Å². The Morgan fingerprint density at radius 2 is 1.79 bits per heavy atom. The zero-order chi connectivity index (χ0) is 20.5. The van der Waals surface area contributed by atoms with Crippen molar-refractivity contribution in [2.24, 2.45) is 5.16 Å². The zero-order valence-corrected chi connectivity index (χ0v) is 17.5. The summed E-state index contributed by atoms with van der Waals surface area (Å²) in [7, 11) is 1.99. The second-order valence-corrected chi connectivity index (χ2v) is 7.69. The lowest BCUT2D eigenvalue weighted by molar-refractivity contribution is 0.319. The number of benzene rings is 3. The van der Waals surface area contributed by atoms with E-state index in [0.29, 0.717) is 21.3 Å². The lowest BCUT2D eigenvalue weighted by atomic mass is 9.98. The molecule has 0 saturated heterocycles. The van der Waals surface area contributed by atoms with Crippen molar-refractivity contribution in [3.63, 3.8) is 0 Å². The molecule has 1 heterocycles. The van der Waals surface area contributed by atoms with Gasteiger partial charge in [0.15, 0.2) is 0 Å². The third kappa shape index (κ3) is 3.57. The van der Waals surface area contributed by atoms with Crippen molar-refractivity contribution in [1.29, 1.82) is 0 Å². The standard InChI is InChI=1S/C23H19Cl2N3O/c1-14-12-16(24)6-8-18(14)23(27-29)19-9-7-17(13-20(19)25)28(2)21-5-3-4-15-10-11-26-22(15)21/h3-13,26,29H,1-2H3. The number of H-pyrrole nitrogens is 1. The Morgan fingerprint density at radius 1 is 1.00 bits per heavy atom. The highest BCUT2D eigenvalue weighted by atomic mass is 35.5. The molecule has 4 nitrogen and oxygen atoms in total. The second kappa shape index (κ2) is 7.82. The Hall–Kier alpha value is -2.95. The van der Waals surface area contributed by atoms with Crippen LogP contribution in [-0.4, -0.2) is 23.0 Å². The van der Waals surface area contributed by atoms with Gasteiger partial charge < -0.3 is 15.1 Å². The number of aryl methyl sites for hydroxylation is 1. The van der Waals surface area contributed by atoms with Gasteiger partial charge in [0, 0.05) is 40.5 Å². The Labute approximate surface area is 179 Å². The van der Waals surface area contributed by atoms with Gasteiger partial charge in [-0.15, -0.1) is 0 Å². The van der Waals surface area contributed by atoms with Crippen LogP contribution in [-0.2, 0) is 0 Å². The van der Waals surface area contributed by atoms with Gasteiger partial charge >= 0.3 is 0 Å². The van der Waals surface area contributed by atoms with Crippen molar-refractivity contribution < 1.29 is 5.21 Å². The molecule has 0 aliphatic rings. The number of hydrogen-bond acceptors (Lipinski definition) is 3. The number of aromatic nitrogens is 1. The molecule has 0 bridgehead atoms. The van der Waals surface area contributed by atoms with E-state index in [9.17, 15) is 5.21 Å². The molecule has 0 unspecified atom stereocenters. The molecule has 29 heavy (non-hydrogen) atoms. The van der Waals surface area contributed by atoms with Crippen LogP contribution in [0.2, 0.25) is 10.0 Å². The van der Waals surface area contributed by atoms with Crippen LogP contribution in [0.1, 0.15) is 16.7 Å². The summed E-state index contributed by atoms with van der Waals surface area (Å²) in [5.74, 6) is 0. The Bertz CT molecular complexity index is 1230. The minimum Gasteiger partial charge on any atom is -0.410 e. The van der Waals surface area contributed by atoms with Crippen LogP contribution in [0.4, 0.5) is 11.4 Å². The monoisotopic (exact) mass is 423 g/mol. The zero-order valence-electron chi connectivity index (χ0n) is 15.9. The quantitative estimate of drug-likeness (QED) is 0.216. The average Bonchev–Trinajstić information content (AvgIpc) is 3.19. The van der Waals surface area contributed by atoms with Crippen LogP contribution < -0.4 is 4.90 Å². The van der Waals surface area contributed by atoms with Gasteiger partial charge in [-0.25, -0.2) is 0 Å². The maximum Gasteiger partial charge on any atom is 0.118 e. The number of nitrogens with zero attached hydrogens (tertiary/aromatic N) is 2. The molecule has 3 aromatic carbocycles. The summed E-state index contributed by atoms with van der Waals surface area (Å²) in [5.41, 5.74) is 5.76. The lowest BCUT2D eigenvalue weighted by Crippen LogP contribution is -2.11. The topological polar surface area (TPSA) is 51.6 Å². The van der Waals surface area contributed by atoms with Crippen molar-refractivity contribution >= 4 is 51.2 Å². The van der Waals surface area contributed by atoms with Crippen molar-refractivity contribution in [3.8, 4) is 0 Å². The molecule has 4 aromatic rings. The summed E-state index contributed by atoms with van der Waals surface area (Å²) in [5, 5.41) is 15.5. The van der Waals surface area contributed by atoms with E-state index in [1.165, 1.54) is 0 Å². The molecule has 146 valence electrons. The summed E-state index contributed by atoms with van der Waals surface area (Å²) in [6.07, 6.45) is 1.93. The number of fused-ring (bicyclic) bond motifs is 1. The molecule has 2 N–H and O–H groups in total. The molecule has 0 amide bonds. The molecule has 4 rings (SSSR count). The first-order valence-corrected chi connectivity index (χ1v) is 9.83. The molecule has 1 aromatic heterocycles. The van der Waals surface area contributed by atoms with E-state index in [2.05, 4.69) is 27.2 Å². The van der Waals surface area contributed by atoms with Gasteiger partial charge in [-0.2, -0.15) is 0 Å². The molecular weight excluding hydrogens is 405 g/mol. The minimum absolute atomic E-state index is 0.407. The van der Waals surface area contributed by atoms with Crippen molar-refractivity contribution in [1.82, 2.24) is 4.98 Å². The Morgan fingerprint density at radius 3 is 2.52 bits per heavy atom. The molecular formula is C23H19Cl2N3O. The van der Waals surface area contributed by atoms with Gasteiger partial charge in [0.05, 0.1) is 16.2 Å². The van der Waals surface area contributed by atoms with E-state index in [4.69, 9.17) is 23.2 Å². The van der Waals surface area contributed by atoms with E-state index >= 15 is 0 Å². The first kappa shape index (κ1) is 19.4. The van der Waals surface area contributed by atoms with E-state index < -0.39 is 0 Å². The van der Waals surface area contributed by atoms with Crippen LogP contribution in [0.25, 0.3) is 10.9 Å². The average molecular weight is 424 g/mol. The van der Waals surface area contributed by atoms with Crippen molar-refractivity contribution in [3.05, 3.63) is 93.6 Å². The third-order valence-electron chi connectivity index (χ3n) is 5.07. The fourth-order valence-electron chi connectivity index (χ4n) is 3.54. The molecule has 0 aliphatic carbocycles. The van der Waals surface area contributed by atoms with Crippen LogP contribution in [0.5, 0.6) is 0 Å². The maximum absolute atomic E-state index is 9.68. The lowest BCUT2D eigenvalue weighted by Gasteiger charge is -2.21. The van der Waals surface area contributed by atoms with Crippen LogP contribution in [0.3, 0.4) is 0 Å². The molecule has 0 fully saturated rings. The van der Waals surface area contributed by atoms with Gasteiger partial charge in [0.2, 0.25) is 0 Å². The second-order valence-electron chi connectivity index (χ2n) is 6.85. The number of anilines is 2. The fourth-order valence-corrected chi connectivity index (χ4v) is 4.03. The highest BCUT2D eigenvalue weighted by Gasteiger charge is 2.16. The van der Waals surface area contributed by atoms with Crippen LogP contribution in [0, 0.1) is 6.92 Å². The Kier molecular flexibility index (Phi) is 5.22. The van der Waals surface area contributed by atoms with Gasteiger partial charge in [0.25, 0.3) is 0 Å². The first-order valence-electron chi connectivity index (χ1n) is 9.08. The summed E-state index contributed by atoms with van der Waals surface area (Å²) in [6, 6.07) is 19.3. The molecule has 6 heteroatoms. The number of para-hydroxylation sites is 1. The van der Waals surface area contributed by atoms with Gasteiger partial charge in [-0.05, 0) is 55.0 Å². The smallest absolute Gasteiger partial charge is 0.118 e. The Balaban J connectivity index is 1.73. The predicted octanol–water partition coefficient (Wildman–Crippen LogP) is 6.78. The first-order chi connectivity index (χ1) is 14.0. The van der Waals surface area contributed by atoms with Gasteiger partial charge in [-0.1, -0.05) is 46.6 Å². The van der Waals surface area contributed by atoms with Gasteiger partial charge in [0.1, 0.15) is 5.71 Å². The molecule has 0 atom stereocenters. The van der Waals surface area contributed by atoms with E-state index in [1.54, 1.807) is 6.07 Å². The normalized spacial score (nSPS) is 11.8.